The molecule has 2 unspecified atom stereocenters. The number of halogens is 1. The molecule has 0 radical (unpaired) electrons. The van der Waals surface area contributed by atoms with Gasteiger partial charge in [-0.25, -0.2) is 0 Å². The second-order valence-electron chi connectivity index (χ2n) is 6.21. The van der Waals surface area contributed by atoms with Gasteiger partial charge in [-0.05, 0) is 41.5 Å². The summed E-state index contributed by atoms with van der Waals surface area (Å²) in [7, 11) is 1.74. The third kappa shape index (κ3) is 3.57. The second kappa shape index (κ2) is 7.27. The lowest BCUT2D eigenvalue weighted by atomic mass is 9.86. The minimum Gasteiger partial charge on any atom is -0.393 e. The minimum absolute atomic E-state index is 0.114. The van der Waals surface area contributed by atoms with Gasteiger partial charge in [-0.15, -0.1) is 5.10 Å². The van der Waals surface area contributed by atoms with E-state index in [0.717, 1.165) is 25.7 Å². The molecule has 0 spiro atoms. The Morgan fingerprint density at radius 3 is 2.92 bits per heavy atom. The Balaban J connectivity index is 1.82. The SMILES string of the molecule is CN(CC1CCCCC1O)C(=O)c1cc(Cl)ccc1-n1cnnn1. The summed E-state index contributed by atoms with van der Waals surface area (Å²) in [6.45, 7) is 0.515. The van der Waals surface area contributed by atoms with Crippen LogP contribution >= 0.6 is 11.6 Å². The van der Waals surface area contributed by atoms with Gasteiger partial charge in [0.2, 0.25) is 0 Å². The fourth-order valence-corrected chi connectivity index (χ4v) is 3.36. The zero-order chi connectivity index (χ0) is 17.1. The number of hydrogen-bond acceptors (Lipinski definition) is 5. The predicted octanol–water partition coefficient (Wildman–Crippen LogP) is 1.94. The molecule has 1 aromatic heterocycles. The van der Waals surface area contributed by atoms with Crippen molar-refractivity contribution in [3.05, 3.63) is 35.1 Å². The van der Waals surface area contributed by atoms with Gasteiger partial charge in [0.05, 0.1) is 17.4 Å². The monoisotopic (exact) mass is 349 g/mol. The molecule has 3 rings (SSSR count). The highest BCUT2D eigenvalue weighted by atomic mass is 35.5. The summed E-state index contributed by atoms with van der Waals surface area (Å²) in [5.74, 6) is -0.0517. The molecule has 1 N–H and O–H groups in total. The molecule has 0 saturated heterocycles. The lowest BCUT2D eigenvalue weighted by Gasteiger charge is -2.31. The summed E-state index contributed by atoms with van der Waals surface area (Å²) >= 11 is 6.07. The fraction of sp³-hybridized carbons (Fsp3) is 0.500. The van der Waals surface area contributed by atoms with Crippen molar-refractivity contribution in [2.24, 2.45) is 5.92 Å². The zero-order valence-corrected chi connectivity index (χ0v) is 14.2. The maximum absolute atomic E-state index is 12.9. The van der Waals surface area contributed by atoms with Crippen molar-refractivity contribution < 1.29 is 9.90 Å². The van der Waals surface area contributed by atoms with Gasteiger partial charge in [-0.2, -0.15) is 4.68 Å². The summed E-state index contributed by atoms with van der Waals surface area (Å²) < 4.78 is 1.44. The van der Waals surface area contributed by atoms with Crippen molar-refractivity contribution in [3.8, 4) is 5.69 Å². The number of tetrazole rings is 1. The summed E-state index contributed by atoms with van der Waals surface area (Å²) in [5.41, 5.74) is 1.01. The first-order chi connectivity index (χ1) is 11.6. The van der Waals surface area contributed by atoms with Crippen molar-refractivity contribution in [2.75, 3.05) is 13.6 Å². The van der Waals surface area contributed by atoms with Gasteiger partial charge in [-0.1, -0.05) is 24.4 Å². The van der Waals surface area contributed by atoms with E-state index in [1.807, 2.05) is 0 Å². The number of aliphatic hydroxyl groups is 1. The van der Waals surface area contributed by atoms with Crippen molar-refractivity contribution >= 4 is 17.5 Å². The fourth-order valence-electron chi connectivity index (χ4n) is 3.19. The largest absolute Gasteiger partial charge is 0.393 e. The third-order valence-corrected chi connectivity index (χ3v) is 4.74. The Morgan fingerprint density at radius 1 is 1.42 bits per heavy atom. The van der Waals surface area contributed by atoms with Gasteiger partial charge >= 0.3 is 0 Å². The van der Waals surface area contributed by atoms with E-state index in [4.69, 9.17) is 11.6 Å². The van der Waals surface area contributed by atoms with E-state index in [-0.39, 0.29) is 17.9 Å². The minimum atomic E-state index is -0.340. The Kier molecular flexibility index (Phi) is 5.11. The van der Waals surface area contributed by atoms with Crippen LogP contribution in [0.4, 0.5) is 0 Å². The average Bonchev–Trinajstić information content (AvgIpc) is 3.10. The topological polar surface area (TPSA) is 84.1 Å². The number of hydrogen-bond donors (Lipinski definition) is 1. The molecule has 2 atom stereocenters. The number of carbonyl (C=O) groups is 1. The molecule has 1 aromatic carbocycles. The second-order valence-corrected chi connectivity index (χ2v) is 6.65. The van der Waals surface area contributed by atoms with Gasteiger partial charge in [0, 0.05) is 24.5 Å². The molecular formula is C16H20ClN5O2. The molecule has 0 bridgehead atoms. The number of amides is 1. The van der Waals surface area contributed by atoms with E-state index < -0.39 is 0 Å². The van der Waals surface area contributed by atoms with Crippen LogP contribution in [0.1, 0.15) is 36.0 Å². The molecule has 1 amide bonds. The Labute approximate surface area is 145 Å². The molecule has 8 heteroatoms. The standard InChI is InChI=1S/C16H20ClN5O2/c1-21(9-11-4-2-3-5-15(11)23)16(24)13-8-12(17)6-7-14(13)22-10-18-19-20-22/h6-8,10-11,15,23H,2-5,9H2,1H3. The summed E-state index contributed by atoms with van der Waals surface area (Å²) in [6, 6.07) is 5.03. The van der Waals surface area contributed by atoms with Crippen molar-refractivity contribution in [3.63, 3.8) is 0 Å². The van der Waals surface area contributed by atoms with E-state index in [2.05, 4.69) is 15.5 Å². The van der Waals surface area contributed by atoms with Crippen LogP contribution in [0.3, 0.4) is 0 Å². The molecule has 128 valence electrons. The number of carbonyl (C=O) groups excluding carboxylic acids is 1. The van der Waals surface area contributed by atoms with E-state index in [1.54, 1.807) is 30.1 Å². The number of aliphatic hydroxyl groups excluding tert-OH is 1. The Morgan fingerprint density at radius 2 is 2.21 bits per heavy atom. The maximum Gasteiger partial charge on any atom is 0.255 e. The van der Waals surface area contributed by atoms with Gasteiger partial charge in [0.15, 0.2) is 0 Å². The van der Waals surface area contributed by atoms with Crippen LogP contribution in [0.5, 0.6) is 0 Å². The van der Waals surface area contributed by atoms with Crippen LogP contribution < -0.4 is 0 Å². The normalized spacial score (nSPS) is 20.8. The van der Waals surface area contributed by atoms with Crippen LogP contribution in [0.2, 0.25) is 5.02 Å². The molecule has 1 aliphatic rings. The lowest BCUT2D eigenvalue weighted by Crippen LogP contribution is -2.38. The molecule has 1 saturated carbocycles. The predicted molar refractivity (Wildman–Crippen MR) is 89.1 cm³/mol. The van der Waals surface area contributed by atoms with Crippen LogP contribution in [0.25, 0.3) is 5.69 Å². The average molecular weight is 350 g/mol. The highest BCUT2D eigenvalue weighted by Crippen LogP contribution is 2.26. The quantitative estimate of drug-likeness (QED) is 0.911. The lowest BCUT2D eigenvalue weighted by molar-refractivity contribution is 0.0451. The van der Waals surface area contributed by atoms with Crippen LogP contribution in [0, 0.1) is 5.92 Å². The van der Waals surface area contributed by atoms with Gasteiger partial charge in [0.1, 0.15) is 6.33 Å². The maximum atomic E-state index is 12.9. The van der Waals surface area contributed by atoms with Crippen LogP contribution in [-0.2, 0) is 0 Å². The van der Waals surface area contributed by atoms with Crippen LogP contribution in [-0.4, -0.2) is 55.8 Å². The molecule has 1 fully saturated rings. The molecule has 1 heterocycles. The molecule has 0 aliphatic heterocycles. The zero-order valence-electron chi connectivity index (χ0n) is 13.5. The molecule has 1 aliphatic carbocycles. The van der Waals surface area contributed by atoms with E-state index in [0.29, 0.717) is 22.8 Å². The number of benzene rings is 1. The smallest absolute Gasteiger partial charge is 0.255 e. The Bertz CT molecular complexity index is 706. The van der Waals surface area contributed by atoms with Gasteiger partial charge in [0.25, 0.3) is 5.91 Å². The van der Waals surface area contributed by atoms with Crippen molar-refractivity contribution in [2.45, 2.75) is 31.8 Å². The third-order valence-electron chi connectivity index (χ3n) is 4.51. The van der Waals surface area contributed by atoms with Gasteiger partial charge in [-0.3, -0.25) is 4.79 Å². The molecule has 7 nitrogen and oxygen atoms in total. The molecule has 2 aromatic rings. The van der Waals surface area contributed by atoms with Gasteiger partial charge < -0.3 is 10.0 Å². The summed E-state index contributed by atoms with van der Waals surface area (Å²) in [5, 5.41) is 21.7. The number of nitrogens with zero attached hydrogens (tertiary/aromatic N) is 5. The molecular weight excluding hydrogens is 330 g/mol. The molecule has 24 heavy (non-hydrogen) atoms. The highest BCUT2D eigenvalue weighted by molar-refractivity contribution is 6.31. The van der Waals surface area contributed by atoms with Crippen molar-refractivity contribution in [1.29, 1.82) is 0 Å². The van der Waals surface area contributed by atoms with E-state index in [9.17, 15) is 9.90 Å². The summed E-state index contributed by atoms with van der Waals surface area (Å²) in [6.07, 6.45) is 4.98. The van der Waals surface area contributed by atoms with Crippen LogP contribution in [0.15, 0.2) is 24.5 Å². The number of rotatable bonds is 4. The van der Waals surface area contributed by atoms with E-state index in [1.165, 1.54) is 11.0 Å². The van der Waals surface area contributed by atoms with E-state index >= 15 is 0 Å². The Hall–Kier alpha value is -1.99. The first-order valence-electron chi connectivity index (χ1n) is 8.02. The summed E-state index contributed by atoms with van der Waals surface area (Å²) in [4.78, 5) is 14.5. The first-order valence-corrected chi connectivity index (χ1v) is 8.40. The number of aromatic nitrogens is 4. The highest BCUT2D eigenvalue weighted by Gasteiger charge is 2.27. The first kappa shape index (κ1) is 16.9. The van der Waals surface area contributed by atoms with Crippen molar-refractivity contribution in [1.82, 2.24) is 25.1 Å².